The van der Waals surface area contributed by atoms with Crippen molar-refractivity contribution >= 4 is 46.6 Å². The number of carbonyl (C=O) groups excluding carboxylic acids is 4. The number of piperidine rings is 1. The molecule has 0 spiro atoms. The van der Waals surface area contributed by atoms with Gasteiger partial charge in [0.25, 0.3) is 11.8 Å². The second kappa shape index (κ2) is 10.6. The molecule has 194 valence electrons. The number of rotatable bonds is 8. The molecule has 2 aromatic carbocycles. The summed E-state index contributed by atoms with van der Waals surface area (Å²) in [6.45, 7) is 0.519. The van der Waals surface area contributed by atoms with Crippen LogP contribution in [0.5, 0.6) is 0 Å². The summed E-state index contributed by atoms with van der Waals surface area (Å²) in [5.41, 5.74) is 1.07. The van der Waals surface area contributed by atoms with Crippen molar-refractivity contribution in [3.63, 3.8) is 0 Å². The Hall–Kier alpha value is -3.86. The van der Waals surface area contributed by atoms with Gasteiger partial charge in [0, 0.05) is 30.4 Å². The van der Waals surface area contributed by atoms with Gasteiger partial charge in [-0.15, -0.1) is 0 Å². The van der Waals surface area contributed by atoms with Gasteiger partial charge in [-0.25, -0.2) is 0 Å². The number of benzene rings is 2. The highest BCUT2D eigenvalue weighted by atomic mass is 35.5. The number of hydrogen-bond donors (Lipinski definition) is 3. The lowest BCUT2D eigenvalue weighted by Crippen LogP contribution is -2.54. The third kappa shape index (κ3) is 6.11. The number of nitrogens with one attached hydrogen (secondary N) is 3. The van der Waals surface area contributed by atoms with Gasteiger partial charge in [-0.2, -0.15) is 13.2 Å². The van der Waals surface area contributed by atoms with E-state index in [9.17, 15) is 32.3 Å². The highest BCUT2D eigenvalue weighted by molar-refractivity contribution is 6.31. The number of hydrogen-bond acceptors (Lipinski definition) is 6. The summed E-state index contributed by atoms with van der Waals surface area (Å²) in [6.07, 6.45) is -2.13. The molecule has 3 N–H and O–H groups in total. The molecule has 1 unspecified atom stereocenters. The molecule has 2 aromatic rings. The molecule has 1 atom stereocenters. The Morgan fingerprint density at radius 1 is 1.05 bits per heavy atom. The van der Waals surface area contributed by atoms with Crippen LogP contribution in [0.3, 0.4) is 0 Å². The smallest absolute Gasteiger partial charge is 0.385 e. The average Bonchev–Trinajstić information content (AvgIpc) is 3.09. The van der Waals surface area contributed by atoms with Crippen LogP contribution in [0.2, 0.25) is 5.02 Å². The van der Waals surface area contributed by atoms with Crippen LogP contribution in [0, 0.1) is 0 Å². The minimum atomic E-state index is -4.49. The van der Waals surface area contributed by atoms with Gasteiger partial charge in [-0.05, 0) is 55.2 Å². The van der Waals surface area contributed by atoms with Crippen molar-refractivity contribution in [3.05, 3.63) is 70.4 Å². The highest BCUT2D eigenvalue weighted by Crippen LogP contribution is 2.35. The van der Waals surface area contributed by atoms with Crippen LogP contribution in [0.25, 0.3) is 0 Å². The number of halogens is 4. The van der Waals surface area contributed by atoms with Gasteiger partial charge in [0.05, 0.1) is 10.6 Å². The predicted molar refractivity (Wildman–Crippen MR) is 129 cm³/mol. The van der Waals surface area contributed by atoms with E-state index in [1.807, 2.05) is 0 Å². The summed E-state index contributed by atoms with van der Waals surface area (Å²) in [5.74, 6) is -2.43. The fourth-order valence-corrected chi connectivity index (χ4v) is 4.44. The zero-order valence-electron chi connectivity index (χ0n) is 19.3. The Kier molecular flexibility index (Phi) is 7.53. The summed E-state index contributed by atoms with van der Waals surface area (Å²) in [7, 11) is 0. The van der Waals surface area contributed by atoms with E-state index in [4.69, 9.17) is 11.6 Å². The molecule has 37 heavy (non-hydrogen) atoms. The lowest BCUT2D eigenvalue weighted by Gasteiger charge is -2.28. The fraction of sp³-hybridized carbons (Fsp3) is 0.280. The molecule has 2 aliphatic heterocycles. The number of anilines is 2. The van der Waals surface area contributed by atoms with E-state index >= 15 is 0 Å². The van der Waals surface area contributed by atoms with Gasteiger partial charge in [-0.1, -0.05) is 23.7 Å². The molecule has 8 nitrogen and oxygen atoms in total. The molecule has 4 amide bonds. The van der Waals surface area contributed by atoms with E-state index in [2.05, 4.69) is 16.0 Å². The van der Waals surface area contributed by atoms with E-state index in [1.54, 1.807) is 24.3 Å². The topological polar surface area (TPSA) is 108 Å². The molecular formula is C25H22ClF3N4O4. The van der Waals surface area contributed by atoms with Gasteiger partial charge >= 0.3 is 6.18 Å². The Labute approximate surface area is 214 Å². The van der Waals surface area contributed by atoms with Crippen molar-refractivity contribution in [3.8, 4) is 0 Å². The maximum atomic E-state index is 12.8. The molecule has 1 saturated heterocycles. The number of nitrogens with zero attached hydrogens (tertiary/aromatic N) is 1. The molecular weight excluding hydrogens is 513 g/mol. The molecule has 2 heterocycles. The summed E-state index contributed by atoms with van der Waals surface area (Å²) < 4.78 is 38.5. The van der Waals surface area contributed by atoms with Crippen LogP contribution in [-0.4, -0.2) is 41.1 Å². The van der Waals surface area contributed by atoms with Crippen LogP contribution in [0.1, 0.15) is 30.4 Å². The minimum absolute atomic E-state index is 0.00559. The molecule has 0 radical (unpaired) electrons. The van der Waals surface area contributed by atoms with Crippen molar-refractivity contribution in [2.24, 2.45) is 0 Å². The number of imide groups is 2. The lowest BCUT2D eigenvalue weighted by molar-refractivity contribution is -0.149. The van der Waals surface area contributed by atoms with Crippen molar-refractivity contribution < 1.29 is 32.3 Å². The maximum Gasteiger partial charge on any atom is 0.417 e. The second-order valence-electron chi connectivity index (χ2n) is 8.59. The Balaban J connectivity index is 1.31. The molecule has 0 aromatic heterocycles. The largest absolute Gasteiger partial charge is 0.417 e. The highest BCUT2D eigenvalue weighted by Gasteiger charge is 2.42. The van der Waals surface area contributed by atoms with Gasteiger partial charge in [0.1, 0.15) is 11.7 Å². The number of alkyl halides is 3. The number of carbonyl (C=O) groups is 4. The third-order valence-corrected chi connectivity index (χ3v) is 6.24. The van der Waals surface area contributed by atoms with E-state index < -0.39 is 41.4 Å². The van der Waals surface area contributed by atoms with Crippen molar-refractivity contribution in [1.29, 1.82) is 0 Å². The summed E-state index contributed by atoms with van der Waals surface area (Å²) in [5, 5.41) is 7.91. The second-order valence-corrected chi connectivity index (χ2v) is 8.99. The monoisotopic (exact) mass is 534 g/mol. The first kappa shape index (κ1) is 26.2. The molecule has 4 rings (SSSR count). The minimum Gasteiger partial charge on any atom is -0.385 e. The van der Waals surface area contributed by atoms with Crippen LogP contribution in [0.15, 0.2) is 54.2 Å². The number of aryl methyl sites for hydroxylation is 1. The zero-order chi connectivity index (χ0) is 26.7. The SMILES string of the molecule is O=C1CCC(N2C(=O)C=C(Nc3cccc(NCCCc4ccc(C(F)(F)F)c(Cl)c4)c3)C2=O)C(=O)N1. The van der Waals surface area contributed by atoms with Crippen molar-refractivity contribution in [2.45, 2.75) is 37.9 Å². The Morgan fingerprint density at radius 2 is 1.81 bits per heavy atom. The van der Waals surface area contributed by atoms with Gasteiger partial charge in [0.15, 0.2) is 0 Å². The summed E-state index contributed by atoms with van der Waals surface area (Å²) in [6, 6.07) is 9.62. The van der Waals surface area contributed by atoms with Crippen LogP contribution in [0.4, 0.5) is 24.5 Å². The summed E-state index contributed by atoms with van der Waals surface area (Å²) >= 11 is 5.77. The van der Waals surface area contributed by atoms with E-state index in [0.717, 1.165) is 22.7 Å². The Morgan fingerprint density at radius 3 is 2.51 bits per heavy atom. The molecule has 0 saturated carbocycles. The van der Waals surface area contributed by atoms with Crippen molar-refractivity contribution in [1.82, 2.24) is 10.2 Å². The van der Waals surface area contributed by atoms with Crippen molar-refractivity contribution in [2.75, 3.05) is 17.2 Å². The van der Waals surface area contributed by atoms with E-state index in [1.165, 1.54) is 12.1 Å². The summed E-state index contributed by atoms with van der Waals surface area (Å²) in [4.78, 5) is 49.5. The van der Waals surface area contributed by atoms with Gasteiger partial charge in [-0.3, -0.25) is 29.4 Å². The molecule has 2 aliphatic rings. The van der Waals surface area contributed by atoms with E-state index in [-0.39, 0.29) is 23.6 Å². The molecule has 12 heteroatoms. The maximum absolute atomic E-state index is 12.8. The molecule has 0 aliphatic carbocycles. The average molecular weight is 535 g/mol. The van der Waals surface area contributed by atoms with E-state index in [0.29, 0.717) is 30.6 Å². The van der Waals surface area contributed by atoms with Crippen LogP contribution in [-0.2, 0) is 31.8 Å². The standard InChI is InChI=1S/C25H22ClF3N4O4/c26-18-11-14(6-7-17(18)25(27,28)29)3-2-10-30-15-4-1-5-16(12-15)31-19-13-22(35)33(24(19)37)20-8-9-21(34)32-23(20)36/h1,4-7,11-13,20,30-31H,2-3,8-10H2,(H,32,34,36). The van der Waals surface area contributed by atoms with Crippen LogP contribution >= 0.6 is 11.6 Å². The van der Waals surface area contributed by atoms with Crippen LogP contribution < -0.4 is 16.0 Å². The normalized spacial score (nSPS) is 18.1. The first-order chi connectivity index (χ1) is 17.5. The lowest BCUT2D eigenvalue weighted by atomic mass is 10.0. The zero-order valence-corrected chi connectivity index (χ0v) is 20.1. The quantitative estimate of drug-likeness (QED) is 0.350. The predicted octanol–water partition coefficient (Wildman–Crippen LogP) is 3.87. The first-order valence-electron chi connectivity index (χ1n) is 11.4. The third-order valence-electron chi connectivity index (χ3n) is 5.93. The molecule has 0 bridgehead atoms. The first-order valence-corrected chi connectivity index (χ1v) is 11.8. The fourth-order valence-electron chi connectivity index (χ4n) is 4.13. The van der Waals surface area contributed by atoms with Gasteiger partial charge < -0.3 is 10.6 Å². The number of amides is 4. The van der Waals surface area contributed by atoms with Gasteiger partial charge in [0.2, 0.25) is 11.8 Å². The Bertz CT molecular complexity index is 1290. The molecule has 1 fully saturated rings.